The minimum Gasteiger partial charge on any atom is -0.460 e. The van der Waals surface area contributed by atoms with Crippen LogP contribution in [0.5, 0.6) is 0 Å². The van der Waals surface area contributed by atoms with Crippen LogP contribution >= 0.6 is 0 Å². The smallest absolute Gasteiger partial charge is 0.342 e. The fourth-order valence-corrected chi connectivity index (χ4v) is 10.4. The van der Waals surface area contributed by atoms with Crippen LogP contribution in [0.4, 0.5) is 4.39 Å². The predicted octanol–water partition coefficient (Wildman–Crippen LogP) is 1.41. The number of carbonyl (C=O) groups is 10. The lowest BCUT2D eigenvalue weighted by molar-refractivity contribution is -0.169. The van der Waals surface area contributed by atoms with Crippen molar-refractivity contribution in [2.45, 2.75) is 135 Å². The fraction of sp³-hybridized carbons (Fsp3) is 0.439. The summed E-state index contributed by atoms with van der Waals surface area (Å²) in [5, 5.41) is 27.3. The maximum Gasteiger partial charge on any atom is 0.342 e. The quantitative estimate of drug-likeness (QED) is 0.0293. The molecule has 3 aliphatic heterocycles. The number of halogens is 1. The van der Waals surface area contributed by atoms with Crippen LogP contribution in [0.3, 0.4) is 0 Å². The van der Waals surface area contributed by atoms with Crippen LogP contribution in [0.1, 0.15) is 118 Å². The summed E-state index contributed by atoms with van der Waals surface area (Å²) in [6, 6.07) is 8.30. The number of hydrogen-bond donors (Lipinski definition) is 7. The number of carbonyl (C=O) groups excluding carboxylic acids is 10. The van der Waals surface area contributed by atoms with Gasteiger partial charge in [0.25, 0.3) is 17.4 Å². The second-order valence-electron chi connectivity index (χ2n) is 21.6. The van der Waals surface area contributed by atoms with Gasteiger partial charge in [-0.3, -0.25) is 52.8 Å². The molecule has 4 aliphatic rings. The third-order valence-electron chi connectivity index (χ3n) is 14.5. The van der Waals surface area contributed by atoms with Crippen molar-refractivity contribution >= 4 is 70.1 Å². The molecule has 7 N–H and O–H groups in total. The van der Waals surface area contributed by atoms with Gasteiger partial charge >= 0.3 is 11.9 Å². The van der Waals surface area contributed by atoms with Gasteiger partial charge in [0, 0.05) is 60.5 Å². The summed E-state index contributed by atoms with van der Waals surface area (Å²) in [6.45, 7) is 5.94. The Labute approximate surface area is 464 Å². The van der Waals surface area contributed by atoms with Crippen LogP contribution in [-0.4, -0.2) is 123 Å². The summed E-state index contributed by atoms with van der Waals surface area (Å²) in [5.41, 5.74) is 0.528. The summed E-state index contributed by atoms with van der Waals surface area (Å²) in [7, 11) is 0. The normalized spacial score (nSPS) is 17.5. The van der Waals surface area contributed by atoms with Gasteiger partial charge in [-0.1, -0.05) is 36.8 Å². The Hall–Kier alpha value is -8.67. The molecular formula is C57H64FN9O14. The van der Waals surface area contributed by atoms with Crippen molar-refractivity contribution in [3.05, 3.63) is 110 Å². The molecule has 0 fully saturated rings. The summed E-state index contributed by atoms with van der Waals surface area (Å²) in [6.07, 6.45) is 3.89. The molecule has 0 unspecified atom stereocenters. The number of nitrogens with zero attached hydrogens (tertiary/aromatic N) is 3. The van der Waals surface area contributed by atoms with Crippen molar-refractivity contribution in [2.75, 3.05) is 26.2 Å². The average Bonchev–Trinajstić information content (AvgIpc) is 4.11. The Morgan fingerprint density at radius 3 is 2.20 bits per heavy atom. The van der Waals surface area contributed by atoms with Gasteiger partial charge in [0.05, 0.1) is 54.7 Å². The standard InChI is InChI=1S/C57H64FN9O14/c1-30-32-15-16-37(50-33-28-67-41(51(33)65-39(49(32)50)24-36(30)58)23-35-34(54(67)77)29-80-55(78)57(35,5)79)62-45(71)27-61-53(76)40(22-31-12-8-6-9-13-31)64-44(70)26-59-43(69)25-60-52(75)38(17-20-48(74)81-56(2,3)4)63-42(68)14-10-7-11-21-66-46(72)18-19-47(66)73/h6,8-9,12-13,18-19,23-24,37-38,40,79H,7,10-11,14-17,20-22,25-29H2,1-5H3,(H,59,69)(H,60,75)(H,61,76)(H,62,71)(H,63,68)(H,64,70)/t37-,38-,40-,57-/m0/s1. The van der Waals surface area contributed by atoms with Crippen LogP contribution < -0.4 is 37.5 Å². The molecule has 5 heterocycles. The highest BCUT2D eigenvalue weighted by atomic mass is 19.1. The van der Waals surface area contributed by atoms with Crippen LogP contribution in [0.15, 0.2) is 59.4 Å². The molecular weight excluding hydrogens is 1050 g/mol. The molecule has 4 aromatic rings. The van der Waals surface area contributed by atoms with Gasteiger partial charge in [0.2, 0.25) is 35.4 Å². The first kappa shape index (κ1) is 58.5. The first-order valence-electron chi connectivity index (χ1n) is 26.7. The highest BCUT2D eigenvalue weighted by Crippen LogP contribution is 2.45. The maximum atomic E-state index is 15.5. The average molecular weight is 1120 g/mol. The molecule has 8 rings (SSSR count). The Balaban J connectivity index is 0.875. The fourth-order valence-electron chi connectivity index (χ4n) is 10.4. The molecule has 0 saturated heterocycles. The number of fused-ring (bicyclic) bond motifs is 5. The molecule has 0 saturated carbocycles. The van der Waals surface area contributed by atoms with E-state index in [1.54, 1.807) is 58.0 Å². The zero-order chi connectivity index (χ0) is 58.5. The maximum absolute atomic E-state index is 15.5. The predicted molar refractivity (Wildman–Crippen MR) is 286 cm³/mol. The SMILES string of the molecule is Cc1c(F)cc2nc3c(c4c2c1CC[C@@H]4NC(=O)CNC(=O)[C@H](Cc1ccccc1)NC(=O)CNC(=O)CNC(=O)[C@H](CCC(=O)OC(C)(C)C)NC(=O)CCCCCN1C(=O)C=CC1=O)Cn1c-3cc2c(c1=O)COC(=O)[C@@]2(C)O. The van der Waals surface area contributed by atoms with Crippen LogP contribution in [0.25, 0.3) is 22.3 Å². The van der Waals surface area contributed by atoms with E-state index in [2.05, 4.69) is 31.9 Å². The first-order chi connectivity index (χ1) is 38.4. The van der Waals surface area contributed by atoms with Crippen LogP contribution in [-0.2, 0) is 89.0 Å². The molecule has 23 nitrogen and oxygen atoms in total. The number of aliphatic hydroxyl groups is 1. The van der Waals surface area contributed by atoms with Crippen LogP contribution in [0, 0.1) is 12.7 Å². The number of cyclic esters (lactones) is 1. The van der Waals surface area contributed by atoms with Gasteiger partial charge in [-0.25, -0.2) is 14.2 Å². The lowest BCUT2D eigenvalue weighted by atomic mass is 9.81. The van der Waals surface area contributed by atoms with E-state index in [4.69, 9.17) is 14.5 Å². The molecule has 2 aromatic carbocycles. The minimum atomic E-state index is -2.12. The van der Waals surface area contributed by atoms with E-state index in [9.17, 15) is 57.8 Å². The molecule has 24 heteroatoms. The van der Waals surface area contributed by atoms with Gasteiger partial charge in [-0.05, 0) is 95.0 Å². The Bertz CT molecular complexity index is 3330. The van der Waals surface area contributed by atoms with E-state index in [0.717, 1.165) is 4.90 Å². The van der Waals surface area contributed by atoms with Crippen molar-refractivity contribution in [2.24, 2.45) is 0 Å². The number of amides is 8. The molecule has 428 valence electrons. The molecule has 0 radical (unpaired) electrons. The van der Waals surface area contributed by atoms with Crippen molar-refractivity contribution in [3.63, 3.8) is 0 Å². The molecule has 81 heavy (non-hydrogen) atoms. The zero-order valence-corrected chi connectivity index (χ0v) is 45.5. The number of ether oxygens (including phenoxy) is 2. The van der Waals surface area contributed by atoms with E-state index in [0.29, 0.717) is 76.7 Å². The first-order valence-corrected chi connectivity index (χ1v) is 26.7. The van der Waals surface area contributed by atoms with Crippen molar-refractivity contribution < 1.29 is 66.9 Å². The van der Waals surface area contributed by atoms with E-state index in [-0.39, 0.29) is 62.0 Å². The minimum absolute atomic E-state index is 0.00997. The number of imide groups is 1. The Morgan fingerprint density at radius 2 is 1.49 bits per heavy atom. The van der Waals surface area contributed by atoms with Crippen LogP contribution in [0.2, 0.25) is 0 Å². The number of rotatable bonds is 22. The number of esters is 2. The number of hydrogen-bond acceptors (Lipinski definition) is 15. The van der Waals surface area contributed by atoms with Gasteiger partial charge in [0.1, 0.15) is 30.1 Å². The number of nitrogens with one attached hydrogen (secondary N) is 6. The van der Waals surface area contributed by atoms with Gasteiger partial charge in [-0.2, -0.15) is 0 Å². The lowest BCUT2D eigenvalue weighted by Crippen LogP contribution is -2.53. The van der Waals surface area contributed by atoms with Crippen molar-refractivity contribution in [1.29, 1.82) is 0 Å². The lowest BCUT2D eigenvalue weighted by Gasteiger charge is -2.30. The highest BCUT2D eigenvalue weighted by molar-refractivity contribution is 6.12. The second-order valence-corrected chi connectivity index (χ2v) is 21.6. The number of aryl methyl sites for hydroxylation is 1. The third-order valence-corrected chi connectivity index (χ3v) is 14.5. The summed E-state index contributed by atoms with van der Waals surface area (Å²) < 4.78 is 27.4. The Kier molecular flexibility index (Phi) is 17.6. The van der Waals surface area contributed by atoms with E-state index in [1.165, 1.54) is 35.8 Å². The third kappa shape index (κ3) is 13.5. The van der Waals surface area contributed by atoms with Crippen molar-refractivity contribution in [3.8, 4) is 11.4 Å². The summed E-state index contributed by atoms with van der Waals surface area (Å²) in [4.78, 5) is 149. The molecule has 1 aliphatic carbocycles. The topological polar surface area (TPSA) is 320 Å². The monoisotopic (exact) mass is 1120 g/mol. The van der Waals surface area contributed by atoms with Gasteiger partial charge < -0.3 is 51.0 Å². The molecule has 2 aromatic heterocycles. The molecule has 0 spiro atoms. The number of benzene rings is 2. The number of pyridine rings is 2. The largest absolute Gasteiger partial charge is 0.460 e. The number of unbranched alkanes of at least 4 members (excludes halogenated alkanes) is 2. The highest BCUT2D eigenvalue weighted by Gasteiger charge is 2.44. The van der Waals surface area contributed by atoms with Gasteiger partial charge in [-0.15, -0.1) is 0 Å². The zero-order valence-electron chi connectivity index (χ0n) is 45.5. The molecule has 4 atom stereocenters. The van der Waals surface area contributed by atoms with E-state index >= 15 is 4.39 Å². The molecule has 8 amide bonds. The van der Waals surface area contributed by atoms with E-state index < -0.39 is 120 Å². The number of aromatic nitrogens is 2. The van der Waals surface area contributed by atoms with E-state index in [1.807, 2.05) is 0 Å². The summed E-state index contributed by atoms with van der Waals surface area (Å²) in [5.74, 6) is -7.12. The Morgan fingerprint density at radius 1 is 0.827 bits per heavy atom. The summed E-state index contributed by atoms with van der Waals surface area (Å²) >= 11 is 0. The van der Waals surface area contributed by atoms with Crippen molar-refractivity contribution in [1.82, 2.24) is 46.4 Å². The second kappa shape index (κ2) is 24.4. The van der Waals surface area contributed by atoms with Gasteiger partial charge in [0.15, 0.2) is 5.60 Å². The molecule has 0 bridgehead atoms.